The van der Waals surface area contributed by atoms with Crippen molar-refractivity contribution in [1.82, 2.24) is 14.4 Å². The highest BCUT2D eigenvalue weighted by molar-refractivity contribution is 5.95. The topological polar surface area (TPSA) is 73.0 Å². The third-order valence-electron chi connectivity index (χ3n) is 6.92. The van der Waals surface area contributed by atoms with E-state index in [0.717, 1.165) is 33.2 Å². The van der Waals surface area contributed by atoms with Crippen molar-refractivity contribution in [3.63, 3.8) is 0 Å². The van der Waals surface area contributed by atoms with Crippen molar-refractivity contribution in [3.8, 4) is 5.75 Å². The Balaban J connectivity index is 0.00000232. The number of nitrogens with zero attached hydrogens (tertiary/aromatic N) is 3. The molecule has 0 bridgehead atoms. The lowest BCUT2D eigenvalue weighted by molar-refractivity contribution is -0.139. The Labute approximate surface area is 262 Å². The number of fused-ring (bicyclic) bond motifs is 1. The van der Waals surface area contributed by atoms with E-state index in [9.17, 15) is 18.0 Å². The highest BCUT2D eigenvalue weighted by Crippen LogP contribution is 2.35. The van der Waals surface area contributed by atoms with Crippen molar-refractivity contribution in [2.24, 2.45) is 5.73 Å². The Morgan fingerprint density at radius 2 is 1.77 bits per heavy atom. The summed E-state index contributed by atoms with van der Waals surface area (Å²) in [5.41, 5.74) is 8.43. The number of carbonyl (C=O) groups is 1. The second-order valence-electron chi connectivity index (χ2n) is 11.6. The van der Waals surface area contributed by atoms with Crippen LogP contribution >= 0.6 is 0 Å². The molecule has 2 N–H and O–H groups in total. The van der Waals surface area contributed by atoms with Crippen LogP contribution in [0.3, 0.4) is 0 Å². The summed E-state index contributed by atoms with van der Waals surface area (Å²) >= 11 is 0. The van der Waals surface area contributed by atoms with Crippen LogP contribution in [0.2, 0.25) is 0 Å². The molecule has 1 unspecified atom stereocenters. The lowest BCUT2D eigenvalue weighted by Crippen LogP contribution is -2.53. The Morgan fingerprint density at radius 3 is 2.30 bits per heavy atom. The second kappa shape index (κ2) is 17.4. The molecule has 0 saturated carbocycles. The maximum atomic E-state index is 13.0. The van der Waals surface area contributed by atoms with Gasteiger partial charge in [-0.2, -0.15) is 13.2 Å². The number of piperazine rings is 1. The Morgan fingerprint density at radius 1 is 1.14 bits per heavy atom. The van der Waals surface area contributed by atoms with E-state index >= 15 is 0 Å². The number of methoxy groups -OCH3 is 1. The molecule has 10 heteroatoms. The van der Waals surface area contributed by atoms with E-state index in [4.69, 9.17) is 9.47 Å². The van der Waals surface area contributed by atoms with E-state index in [1.807, 2.05) is 84.6 Å². The number of halogens is 3. The van der Waals surface area contributed by atoms with Gasteiger partial charge in [0.25, 0.3) is 0 Å². The standard InChI is InChI=1S/C31H42F3N3O3.C2H6.CH5N/c1-9-23(11-10-21(2)3)26-20-35(15-13-31(32,33)34)16-17-36(26)19-25-24-12-14-37(29(38)40-30(5,6)7)28(24)22(4)18-27(25)39-8;2*1-2/h9-12,14,18,26H,1,13,15-17,19-20H2,2-8H3;1-2H3;2H2,1H3/b23-11+;;. The normalized spacial score (nSPS) is 16.3. The molecule has 3 rings (SSSR count). The van der Waals surface area contributed by atoms with E-state index in [-0.39, 0.29) is 12.6 Å². The fourth-order valence-electron chi connectivity index (χ4n) is 5.02. The van der Waals surface area contributed by atoms with Crippen molar-refractivity contribution < 1.29 is 27.4 Å². The first-order valence-electron chi connectivity index (χ1n) is 15.1. The third-order valence-corrected chi connectivity index (χ3v) is 6.92. The number of allylic oxidation sites excluding steroid dienone is 3. The minimum atomic E-state index is -4.20. The van der Waals surface area contributed by atoms with Gasteiger partial charge in [-0.15, -0.1) is 0 Å². The van der Waals surface area contributed by atoms with Crippen molar-refractivity contribution in [3.05, 3.63) is 65.4 Å². The van der Waals surface area contributed by atoms with Crippen molar-refractivity contribution in [2.75, 3.05) is 40.3 Å². The first-order valence-corrected chi connectivity index (χ1v) is 15.1. The predicted octanol–water partition coefficient (Wildman–Crippen LogP) is 7.86. The molecular weight excluding hydrogens is 569 g/mol. The van der Waals surface area contributed by atoms with Crippen LogP contribution in [-0.4, -0.2) is 78.6 Å². The van der Waals surface area contributed by atoms with Crippen LogP contribution in [-0.2, 0) is 11.3 Å². The van der Waals surface area contributed by atoms with Gasteiger partial charge in [0, 0.05) is 55.9 Å². The number of aromatic nitrogens is 1. The van der Waals surface area contributed by atoms with Crippen LogP contribution in [0.1, 0.15) is 66.0 Å². The summed E-state index contributed by atoms with van der Waals surface area (Å²) in [4.78, 5) is 17.1. The van der Waals surface area contributed by atoms with E-state index in [2.05, 4.69) is 17.2 Å². The SMILES string of the molecule is C=C/C(=C\C=C(C)C)C1CN(CCC(F)(F)F)CCN1Cc1c(OC)cc(C)c2c1ccn2C(=O)OC(C)(C)C.CC.CN. The molecule has 0 spiro atoms. The summed E-state index contributed by atoms with van der Waals surface area (Å²) in [6.45, 7) is 21.4. The zero-order valence-corrected chi connectivity index (χ0v) is 28.3. The average molecular weight is 623 g/mol. The maximum absolute atomic E-state index is 13.0. The van der Waals surface area contributed by atoms with E-state index in [1.165, 1.54) is 11.6 Å². The number of hydrogen-bond acceptors (Lipinski definition) is 6. The highest BCUT2D eigenvalue weighted by Gasteiger charge is 2.33. The number of hydrogen-bond donors (Lipinski definition) is 1. The molecule has 2 aromatic rings. The van der Waals surface area contributed by atoms with Gasteiger partial charge in [-0.3, -0.25) is 14.4 Å². The van der Waals surface area contributed by atoms with Gasteiger partial charge in [0.1, 0.15) is 11.4 Å². The van der Waals surface area contributed by atoms with E-state index in [0.29, 0.717) is 31.9 Å². The molecule has 1 aromatic carbocycles. The molecule has 0 aliphatic carbocycles. The van der Waals surface area contributed by atoms with Crippen molar-refractivity contribution in [2.45, 2.75) is 86.2 Å². The summed E-state index contributed by atoms with van der Waals surface area (Å²) in [5.74, 6) is 0.693. The summed E-state index contributed by atoms with van der Waals surface area (Å²) in [6.07, 6.45) is 1.98. The van der Waals surface area contributed by atoms with Crippen LogP contribution in [0.15, 0.2) is 54.3 Å². The zero-order chi connectivity index (χ0) is 33.8. The number of aryl methyl sites for hydroxylation is 1. The van der Waals surface area contributed by atoms with Crippen molar-refractivity contribution >= 4 is 17.0 Å². The molecule has 1 aliphatic rings. The minimum Gasteiger partial charge on any atom is -0.496 e. The molecule has 0 amide bonds. The van der Waals surface area contributed by atoms with Crippen LogP contribution in [0.5, 0.6) is 5.75 Å². The van der Waals surface area contributed by atoms with E-state index in [1.54, 1.807) is 19.4 Å². The van der Waals surface area contributed by atoms with Gasteiger partial charge in [0.05, 0.1) is 19.0 Å². The van der Waals surface area contributed by atoms with Crippen LogP contribution in [0.25, 0.3) is 10.9 Å². The molecule has 0 radical (unpaired) electrons. The molecular formula is C34H53F3N4O3. The summed E-state index contributed by atoms with van der Waals surface area (Å²) in [6, 6.07) is 3.64. The van der Waals surface area contributed by atoms with E-state index < -0.39 is 24.3 Å². The minimum absolute atomic E-state index is 0.0439. The number of rotatable bonds is 8. The van der Waals surface area contributed by atoms with Gasteiger partial charge in [-0.25, -0.2) is 4.79 Å². The fourth-order valence-corrected chi connectivity index (χ4v) is 5.02. The Bertz CT molecular complexity index is 1290. The lowest BCUT2D eigenvalue weighted by atomic mass is 9.98. The predicted molar refractivity (Wildman–Crippen MR) is 175 cm³/mol. The number of carbonyl (C=O) groups excluding carboxylic acids is 1. The molecule has 2 heterocycles. The van der Waals surface area contributed by atoms with Gasteiger partial charge < -0.3 is 15.2 Å². The molecule has 44 heavy (non-hydrogen) atoms. The summed E-state index contributed by atoms with van der Waals surface area (Å²) in [7, 11) is 3.12. The molecule has 7 nitrogen and oxygen atoms in total. The summed E-state index contributed by atoms with van der Waals surface area (Å²) in [5, 5.41) is 0.870. The number of alkyl halides is 3. The number of benzene rings is 1. The van der Waals surface area contributed by atoms with Crippen LogP contribution in [0.4, 0.5) is 18.0 Å². The number of nitrogens with two attached hydrogens (primary N) is 1. The average Bonchev–Trinajstić information content (AvgIpc) is 3.41. The lowest BCUT2D eigenvalue weighted by Gasteiger charge is -2.42. The van der Waals surface area contributed by atoms with Gasteiger partial charge >= 0.3 is 12.3 Å². The van der Waals surface area contributed by atoms with Gasteiger partial charge in [-0.1, -0.05) is 44.2 Å². The molecule has 1 saturated heterocycles. The first kappa shape index (κ1) is 38.9. The van der Waals surface area contributed by atoms with Gasteiger partial charge in [0.2, 0.25) is 0 Å². The Kier molecular flexibility index (Phi) is 15.4. The van der Waals surface area contributed by atoms with Crippen molar-refractivity contribution in [1.29, 1.82) is 0 Å². The van der Waals surface area contributed by atoms with Gasteiger partial charge in [0.15, 0.2) is 0 Å². The highest BCUT2D eigenvalue weighted by atomic mass is 19.4. The third kappa shape index (κ3) is 11.1. The first-order chi connectivity index (χ1) is 20.6. The molecule has 1 fully saturated rings. The molecule has 248 valence electrons. The van der Waals surface area contributed by atoms with Crippen LogP contribution < -0.4 is 10.5 Å². The molecule has 1 aliphatic heterocycles. The number of ether oxygens (including phenoxy) is 2. The largest absolute Gasteiger partial charge is 0.496 e. The zero-order valence-electron chi connectivity index (χ0n) is 28.3. The summed E-state index contributed by atoms with van der Waals surface area (Å²) < 4.78 is 51.9. The molecule has 1 atom stereocenters. The smallest absolute Gasteiger partial charge is 0.419 e. The molecule has 1 aromatic heterocycles. The monoisotopic (exact) mass is 622 g/mol. The van der Waals surface area contributed by atoms with Gasteiger partial charge in [-0.05, 0) is 71.9 Å². The fraction of sp³-hybridized carbons (Fsp3) is 0.559. The van der Waals surface area contributed by atoms with Crippen LogP contribution in [0, 0.1) is 6.92 Å². The maximum Gasteiger partial charge on any atom is 0.419 e. The second-order valence-corrected chi connectivity index (χ2v) is 11.6. The quantitative estimate of drug-likeness (QED) is 0.302. The Hall–Kier alpha value is -3.08.